The van der Waals surface area contributed by atoms with Gasteiger partial charge in [0.1, 0.15) is 12.4 Å². The Labute approximate surface area is 149 Å². The second-order valence-electron chi connectivity index (χ2n) is 7.54. The highest BCUT2D eigenvalue weighted by atomic mass is 16.7. The van der Waals surface area contributed by atoms with Crippen molar-refractivity contribution in [1.29, 1.82) is 0 Å². The quantitative estimate of drug-likeness (QED) is 0.826. The summed E-state index contributed by atoms with van der Waals surface area (Å²) < 4.78 is 17.4. The fourth-order valence-corrected chi connectivity index (χ4v) is 4.22. The van der Waals surface area contributed by atoms with Crippen molar-refractivity contribution in [3.05, 3.63) is 29.8 Å². The largest absolute Gasteiger partial charge is 0.491 e. The zero-order chi connectivity index (χ0) is 17.3. The third-order valence-corrected chi connectivity index (χ3v) is 5.79. The summed E-state index contributed by atoms with van der Waals surface area (Å²) in [6, 6.07) is 8.11. The molecule has 1 saturated heterocycles. The molecule has 3 aliphatic rings. The summed E-state index contributed by atoms with van der Waals surface area (Å²) in [4.78, 5) is 14.9. The second kappa shape index (κ2) is 6.96. The highest BCUT2D eigenvalue weighted by Crippen LogP contribution is 2.39. The molecule has 2 heterocycles. The van der Waals surface area contributed by atoms with Crippen LogP contribution in [0.1, 0.15) is 44.6 Å². The Morgan fingerprint density at radius 2 is 1.92 bits per heavy atom. The molecule has 2 fully saturated rings. The first kappa shape index (κ1) is 16.9. The Kier molecular flexibility index (Phi) is 4.69. The molecule has 1 aromatic rings. The van der Waals surface area contributed by atoms with E-state index in [4.69, 9.17) is 14.2 Å². The summed E-state index contributed by atoms with van der Waals surface area (Å²) in [7, 11) is 0. The van der Waals surface area contributed by atoms with E-state index < -0.39 is 0 Å². The van der Waals surface area contributed by atoms with Gasteiger partial charge in [-0.1, -0.05) is 18.2 Å². The lowest BCUT2D eigenvalue weighted by molar-refractivity contribution is -0.183. The van der Waals surface area contributed by atoms with Crippen molar-refractivity contribution in [2.24, 2.45) is 5.92 Å². The van der Waals surface area contributed by atoms with Gasteiger partial charge >= 0.3 is 0 Å². The van der Waals surface area contributed by atoms with E-state index in [0.29, 0.717) is 38.7 Å². The number of fused-ring (bicyclic) bond motifs is 1. The van der Waals surface area contributed by atoms with Crippen molar-refractivity contribution >= 4 is 5.91 Å². The number of ether oxygens (including phenoxy) is 3. The summed E-state index contributed by atoms with van der Waals surface area (Å²) in [6.45, 7) is 4.67. The smallest absolute Gasteiger partial charge is 0.223 e. The van der Waals surface area contributed by atoms with Gasteiger partial charge in [0.25, 0.3) is 0 Å². The van der Waals surface area contributed by atoms with Crippen LogP contribution in [0.2, 0.25) is 0 Å². The Morgan fingerprint density at radius 3 is 2.68 bits per heavy atom. The number of amides is 1. The van der Waals surface area contributed by atoms with E-state index >= 15 is 0 Å². The predicted octanol–water partition coefficient (Wildman–Crippen LogP) is 3.12. The minimum Gasteiger partial charge on any atom is -0.491 e. The van der Waals surface area contributed by atoms with Crippen LogP contribution < -0.4 is 4.74 Å². The number of benzene rings is 1. The van der Waals surface area contributed by atoms with Crippen molar-refractivity contribution in [2.45, 2.75) is 57.4 Å². The fourth-order valence-electron chi connectivity index (χ4n) is 4.22. The molecule has 1 spiro atoms. The van der Waals surface area contributed by atoms with Gasteiger partial charge in [-0.05, 0) is 31.7 Å². The van der Waals surface area contributed by atoms with Gasteiger partial charge in [0.2, 0.25) is 5.91 Å². The fraction of sp³-hybridized carbons (Fsp3) is 0.650. The number of hydrogen-bond acceptors (Lipinski definition) is 4. The number of hydrogen-bond donors (Lipinski definition) is 0. The first-order chi connectivity index (χ1) is 12.2. The first-order valence-corrected chi connectivity index (χ1v) is 9.43. The molecule has 2 aliphatic heterocycles. The third-order valence-electron chi connectivity index (χ3n) is 5.79. The van der Waals surface area contributed by atoms with Crippen LogP contribution in [0.25, 0.3) is 0 Å². The van der Waals surface area contributed by atoms with Gasteiger partial charge in [0, 0.05) is 31.4 Å². The maximum atomic E-state index is 13.0. The molecular formula is C20H27NO4. The molecule has 5 nitrogen and oxygen atoms in total. The van der Waals surface area contributed by atoms with Crippen molar-refractivity contribution in [1.82, 2.24) is 4.90 Å². The van der Waals surface area contributed by atoms with Gasteiger partial charge in [-0.25, -0.2) is 0 Å². The lowest BCUT2D eigenvalue weighted by atomic mass is 9.83. The minimum absolute atomic E-state index is 0.0938. The Morgan fingerprint density at radius 1 is 1.20 bits per heavy atom. The summed E-state index contributed by atoms with van der Waals surface area (Å²) in [6.07, 6.45) is 4.43. The summed E-state index contributed by atoms with van der Waals surface area (Å²) in [5.41, 5.74) is 1.09. The topological polar surface area (TPSA) is 48.0 Å². The number of nitrogens with zero attached hydrogens (tertiary/aromatic N) is 1. The van der Waals surface area contributed by atoms with Crippen LogP contribution in [0.15, 0.2) is 24.3 Å². The minimum atomic E-state index is -0.345. The van der Waals surface area contributed by atoms with Gasteiger partial charge in [0.05, 0.1) is 19.3 Å². The molecule has 136 valence electrons. The highest BCUT2D eigenvalue weighted by molar-refractivity contribution is 5.77. The van der Waals surface area contributed by atoms with E-state index in [0.717, 1.165) is 37.0 Å². The number of carbonyl (C=O) groups is 1. The molecule has 0 bridgehead atoms. The van der Waals surface area contributed by atoms with Gasteiger partial charge in [-0.15, -0.1) is 0 Å². The number of rotatable bonds is 2. The molecule has 1 saturated carbocycles. The zero-order valence-corrected chi connectivity index (χ0v) is 14.9. The van der Waals surface area contributed by atoms with Crippen LogP contribution in [-0.2, 0) is 20.8 Å². The lowest BCUT2D eigenvalue weighted by Gasteiger charge is -2.36. The maximum absolute atomic E-state index is 13.0. The number of para-hydroxylation sites is 1. The molecule has 0 unspecified atom stereocenters. The molecule has 0 radical (unpaired) electrons. The van der Waals surface area contributed by atoms with Crippen LogP contribution in [0.4, 0.5) is 0 Å². The lowest BCUT2D eigenvalue weighted by Crippen LogP contribution is -2.42. The Hall–Kier alpha value is -1.59. The molecule has 5 heteroatoms. The summed E-state index contributed by atoms with van der Waals surface area (Å²) in [5, 5.41) is 0. The van der Waals surface area contributed by atoms with E-state index in [2.05, 4.69) is 6.92 Å². The molecular weight excluding hydrogens is 318 g/mol. The number of carbonyl (C=O) groups excluding carboxylic acids is 1. The van der Waals surface area contributed by atoms with E-state index in [1.807, 2.05) is 29.2 Å². The van der Waals surface area contributed by atoms with Gasteiger partial charge < -0.3 is 19.1 Å². The van der Waals surface area contributed by atoms with Crippen LogP contribution in [-0.4, -0.2) is 42.5 Å². The average molecular weight is 345 g/mol. The first-order valence-electron chi connectivity index (χ1n) is 9.43. The van der Waals surface area contributed by atoms with Gasteiger partial charge in [0.15, 0.2) is 5.79 Å². The van der Waals surface area contributed by atoms with Crippen LogP contribution in [0.5, 0.6) is 5.75 Å². The molecule has 1 aliphatic carbocycles. The van der Waals surface area contributed by atoms with Crippen LogP contribution in [0, 0.1) is 5.92 Å². The van der Waals surface area contributed by atoms with Crippen molar-refractivity contribution in [3.8, 4) is 5.75 Å². The summed E-state index contributed by atoms with van der Waals surface area (Å²) in [5.74, 6) is 1.22. The molecule has 0 aromatic heterocycles. The molecule has 4 rings (SSSR count). The van der Waals surface area contributed by atoms with E-state index in [9.17, 15) is 4.79 Å². The van der Waals surface area contributed by atoms with Crippen LogP contribution >= 0.6 is 0 Å². The maximum Gasteiger partial charge on any atom is 0.223 e. The molecule has 25 heavy (non-hydrogen) atoms. The molecule has 0 N–H and O–H groups in total. The molecule has 1 aromatic carbocycles. The third kappa shape index (κ3) is 3.53. The monoisotopic (exact) mass is 345 g/mol. The van der Waals surface area contributed by atoms with Gasteiger partial charge in [-0.2, -0.15) is 0 Å². The molecule has 1 amide bonds. The zero-order valence-electron chi connectivity index (χ0n) is 14.9. The average Bonchev–Trinajstić information content (AvgIpc) is 3.01. The highest BCUT2D eigenvalue weighted by Gasteiger charge is 2.41. The van der Waals surface area contributed by atoms with Crippen molar-refractivity contribution < 1.29 is 19.0 Å². The van der Waals surface area contributed by atoms with E-state index in [1.165, 1.54) is 0 Å². The predicted molar refractivity (Wildman–Crippen MR) is 93.2 cm³/mol. The second-order valence-corrected chi connectivity index (χ2v) is 7.54. The Bertz CT molecular complexity index is 616. The van der Waals surface area contributed by atoms with Crippen molar-refractivity contribution in [3.63, 3.8) is 0 Å². The SMILES string of the molecule is C[C@@H]1COc2ccccc2CN1C(=O)CC1CCC2(CC1)OCCO2. The van der Waals surface area contributed by atoms with Gasteiger partial charge in [-0.3, -0.25) is 4.79 Å². The normalized spacial score (nSPS) is 26.1. The van der Waals surface area contributed by atoms with Crippen molar-refractivity contribution in [2.75, 3.05) is 19.8 Å². The van der Waals surface area contributed by atoms with E-state index in [1.54, 1.807) is 0 Å². The van der Waals surface area contributed by atoms with E-state index in [-0.39, 0.29) is 17.7 Å². The van der Waals surface area contributed by atoms with Crippen LogP contribution in [0.3, 0.4) is 0 Å². The standard InChI is InChI=1S/C20H27NO4/c1-15-14-23-18-5-3-2-4-17(18)13-21(15)19(22)12-16-6-8-20(9-7-16)24-10-11-25-20/h2-5,15-16H,6-14H2,1H3/t15-/m1/s1. The molecule has 1 atom stereocenters. The summed E-state index contributed by atoms with van der Waals surface area (Å²) >= 11 is 0. The Balaban J connectivity index is 1.37.